The van der Waals surface area contributed by atoms with Gasteiger partial charge in [0.15, 0.2) is 0 Å². The molecule has 0 unspecified atom stereocenters. The fourth-order valence-corrected chi connectivity index (χ4v) is 4.51. The largest absolute Gasteiger partial charge is 0.457 e. The van der Waals surface area contributed by atoms with Crippen molar-refractivity contribution in [2.45, 2.75) is 12.7 Å². The van der Waals surface area contributed by atoms with Gasteiger partial charge >= 0.3 is 6.18 Å². The van der Waals surface area contributed by atoms with Crippen LogP contribution in [0.1, 0.15) is 11.1 Å². The highest BCUT2D eigenvalue weighted by Gasteiger charge is 2.34. The molecule has 182 valence electrons. The molecule has 6 rings (SSSR count). The minimum absolute atomic E-state index is 0.0761. The molecule has 4 aromatic carbocycles. The maximum absolute atomic E-state index is 13.8. The lowest BCUT2D eigenvalue weighted by molar-refractivity contribution is -0.136. The van der Waals surface area contributed by atoms with E-state index in [-0.39, 0.29) is 5.52 Å². The van der Waals surface area contributed by atoms with Crippen LogP contribution >= 0.6 is 0 Å². The van der Waals surface area contributed by atoms with Crippen molar-refractivity contribution in [3.8, 4) is 22.8 Å². The van der Waals surface area contributed by atoms with Crippen molar-refractivity contribution in [1.82, 2.24) is 14.8 Å². The van der Waals surface area contributed by atoms with E-state index < -0.39 is 11.7 Å². The first-order valence-corrected chi connectivity index (χ1v) is 11.7. The summed E-state index contributed by atoms with van der Waals surface area (Å²) in [6.07, 6.45) is -2.79. The Kier molecular flexibility index (Phi) is 5.60. The fourth-order valence-electron chi connectivity index (χ4n) is 4.51. The van der Waals surface area contributed by atoms with Crippen LogP contribution in [0.25, 0.3) is 33.1 Å². The molecule has 0 bridgehead atoms. The van der Waals surface area contributed by atoms with Gasteiger partial charge in [-0.05, 0) is 42.0 Å². The number of benzene rings is 4. The van der Waals surface area contributed by atoms with Crippen LogP contribution in [0.4, 0.5) is 13.2 Å². The Morgan fingerprint density at radius 2 is 1.57 bits per heavy atom. The van der Waals surface area contributed by atoms with Gasteiger partial charge in [0.25, 0.3) is 0 Å². The summed E-state index contributed by atoms with van der Waals surface area (Å²) in [5.74, 6) is 1.17. The zero-order chi connectivity index (χ0) is 25.4. The van der Waals surface area contributed by atoms with Crippen LogP contribution < -0.4 is 4.74 Å². The van der Waals surface area contributed by atoms with Crippen molar-refractivity contribution < 1.29 is 17.9 Å². The number of aromatic nitrogens is 3. The molecular formula is C30H20F3N3O. The molecular weight excluding hydrogens is 475 g/mol. The second kappa shape index (κ2) is 9.09. The number of pyridine rings is 1. The van der Waals surface area contributed by atoms with E-state index in [4.69, 9.17) is 4.74 Å². The molecule has 4 nitrogen and oxygen atoms in total. The van der Waals surface area contributed by atoms with Gasteiger partial charge in [-0.2, -0.15) is 18.3 Å². The van der Waals surface area contributed by atoms with Crippen LogP contribution in [-0.4, -0.2) is 14.8 Å². The third-order valence-electron chi connectivity index (χ3n) is 6.17. The van der Waals surface area contributed by atoms with E-state index in [9.17, 15) is 13.2 Å². The van der Waals surface area contributed by atoms with E-state index in [1.165, 1.54) is 6.07 Å². The van der Waals surface area contributed by atoms with Gasteiger partial charge in [-0.25, -0.2) is 0 Å². The predicted octanol–water partition coefficient (Wildman–Crippen LogP) is 8.11. The number of alkyl halides is 3. The standard InChI is InChI=1S/C30H20F3N3O/c31-30(32,33)26-13-5-12-25-28(26)35-36(19-20-7-2-1-3-8-20)29(25)22-9-4-11-23(17-22)37-24-15-14-21-10-6-16-34-27(21)18-24/h1-18H,19H2. The Morgan fingerprint density at radius 3 is 2.41 bits per heavy atom. The molecule has 0 fully saturated rings. The zero-order valence-electron chi connectivity index (χ0n) is 19.5. The van der Waals surface area contributed by atoms with E-state index in [0.717, 1.165) is 22.5 Å². The highest BCUT2D eigenvalue weighted by molar-refractivity contribution is 5.95. The van der Waals surface area contributed by atoms with Gasteiger partial charge in [-0.1, -0.05) is 60.7 Å². The molecule has 0 amide bonds. The Hall–Kier alpha value is -4.65. The number of fused-ring (bicyclic) bond motifs is 2. The summed E-state index contributed by atoms with van der Waals surface area (Å²) >= 11 is 0. The first-order valence-electron chi connectivity index (χ1n) is 11.7. The molecule has 0 N–H and O–H groups in total. The lowest BCUT2D eigenvalue weighted by Crippen LogP contribution is -2.06. The van der Waals surface area contributed by atoms with E-state index in [2.05, 4.69) is 10.1 Å². The molecule has 0 atom stereocenters. The van der Waals surface area contributed by atoms with Crippen LogP contribution in [0.2, 0.25) is 0 Å². The van der Waals surface area contributed by atoms with Crippen molar-refractivity contribution in [2.75, 3.05) is 0 Å². The number of hydrogen-bond acceptors (Lipinski definition) is 3. The van der Waals surface area contributed by atoms with Crippen molar-refractivity contribution in [3.05, 3.63) is 120 Å². The molecule has 0 radical (unpaired) electrons. The van der Waals surface area contributed by atoms with Crippen molar-refractivity contribution in [1.29, 1.82) is 0 Å². The summed E-state index contributed by atoms with van der Waals surface area (Å²) in [4.78, 5) is 4.37. The molecule has 7 heteroatoms. The van der Waals surface area contributed by atoms with Crippen LogP contribution in [0.5, 0.6) is 11.5 Å². The summed E-state index contributed by atoms with van der Waals surface area (Å²) in [6, 6.07) is 30.5. The van der Waals surface area contributed by atoms with Gasteiger partial charge < -0.3 is 4.74 Å². The average Bonchev–Trinajstić information content (AvgIpc) is 3.26. The molecule has 0 aliphatic rings. The topological polar surface area (TPSA) is 39.9 Å². The molecule has 0 aliphatic heterocycles. The van der Waals surface area contributed by atoms with E-state index in [1.807, 2.05) is 84.9 Å². The Bertz CT molecular complexity index is 1730. The lowest BCUT2D eigenvalue weighted by Gasteiger charge is -2.11. The van der Waals surface area contributed by atoms with Crippen LogP contribution in [0.3, 0.4) is 0 Å². The maximum atomic E-state index is 13.8. The molecule has 2 heterocycles. The molecule has 2 aromatic heterocycles. The SMILES string of the molecule is FC(F)(F)c1cccc2c(-c3cccc(Oc4ccc5cccnc5c4)c3)n(Cc3ccccc3)nc12. The molecule has 0 saturated heterocycles. The van der Waals surface area contributed by atoms with Crippen LogP contribution in [0, 0.1) is 0 Å². The minimum atomic E-state index is -4.52. The van der Waals surface area contributed by atoms with Crippen LogP contribution in [0.15, 0.2) is 109 Å². The third-order valence-corrected chi connectivity index (χ3v) is 6.17. The van der Waals surface area contributed by atoms with Gasteiger partial charge in [-0.3, -0.25) is 9.67 Å². The average molecular weight is 496 g/mol. The Balaban J connectivity index is 1.46. The summed E-state index contributed by atoms with van der Waals surface area (Å²) in [5.41, 5.74) is 2.20. The molecule has 0 aliphatic carbocycles. The maximum Gasteiger partial charge on any atom is 0.418 e. The number of nitrogens with zero attached hydrogens (tertiary/aromatic N) is 3. The second-order valence-corrected chi connectivity index (χ2v) is 8.68. The Labute approximate surface area is 210 Å². The normalized spacial score (nSPS) is 11.8. The zero-order valence-corrected chi connectivity index (χ0v) is 19.5. The van der Waals surface area contributed by atoms with Gasteiger partial charge in [0.2, 0.25) is 0 Å². The van der Waals surface area contributed by atoms with Crippen molar-refractivity contribution in [2.24, 2.45) is 0 Å². The highest BCUT2D eigenvalue weighted by Crippen LogP contribution is 2.39. The number of rotatable bonds is 5. The fraction of sp³-hybridized carbons (Fsp3) is 0.0667. The minimum Gasteiger partial charge on any atom is -0.457 e. The first kappa shape index (κ1) is 22.8. The summed E-state index contributed by atoms with van der Waals surface area (Å²) in [6.45, 7) is 0.323. The van der Waals surface area contributed by atoms with E-state index in [0.29, 0.717) is 34.7 Å². The molecule has 6 aromatic rings. The summed E-state index contributed by atoms with van der Waals surface area (Å²) in [5, 5.41) is 5.88. The van der Waals surface area contributed by atoms with Crippen LogP contribution in [-0.2, 0) is 12.7 Å². The lowest BCUT2D eigenvalue weighted by atomic mass is 10.0. The van der Waals surface area contributed by atoms with Gasteiger partial charge in [0.05, 0.1) is 23.3 Å². The van der Waals surface area contributed by atoms with E-state index >= 15 is 0 Å². The number of halogens is 3. The van der Waals surface area contributed by atoms with E-state index in [1.54, 1.807) is 16.9 Å². The van der Waals surface area contributed by atoms with Gasteiger partial charge in [0, 0.05) is 28.6 Å². The molecule has 0 spiro atoms. The van der Waals surface area contributed by atoms with Crippen molar-refractivity contribution in [3.63, 3.8) is 0 Å². The second-order valence-electron chi connectivity index (χ2n) is 8.68. The smallest absolute Gasteiger partial charge is 0.418 e. The van der Waals surface area contributed by atoms with Crippen molar-refractivity contribution >= 4 is 21.8 Å². The Morgan fingerprint density at radius 1 is 0.757 bits per heavy atom. The van der Waals surface area contributed by atoms with Gasteiger partial charge in [-0.15, -0.1) is 0 Å². The number of ether oxygens (including phenoxy) is 1. The highest BCUT2D eigenvalue weighted by atomic mass is 19.4. The number of hydrogen-bond donors (Lipinski definition) is 0. The quantitative estimate of drug-likeness (QED) is 0.243. The summed E-state index contributed by atoms with van der Waals surface area (Å²) in [7, 11) is 0. The summed E-state index contributed by atoms with van der Waals surface area (Å²) < 4.78 is 49.3. The molecule has 37 heavy (non-hydrogen) atoms. The first-order chi connectivity index (χ1) is 18.0. The molecule has 0 saturated carbocycles. The monoisotopic (exact) mass is 495 g/mol. The predicted molar refractivity (Wildman–Crippen MR) is 138 cm³/mol. The van der Waals surface area contributed by atoms with Gasteiger partial charge in [0.1, 0.15) is 17.0 Å². The third kappa shape index (κ3) is 4.51.